The van der Waals surface area contributed by atoms with E-state index in [2.05, 4.69) is 46.1 Å². The third kappa shape index (κ3) is 6.79. The molecule has 1 atom stereocenters. The Balaban J connectivity index is 2.17. The Labute approximate surface area is 113 Å². The molecule has 0 amide bonds. The minimum atomic E-state index is 0.589. The number of rotatable bonds is 8. The average Bonchev–Trinajstić information content (AvgIpc) is 2.32. The van der Waals surface area contributed by atoms with Crippen molar-refractivity contribution in [3.05, 3.63) is 28.5 Å². The fraction of sp³-hybridized carbons (Fsp3) is 0.643. The molecule has 0 fully saturated rings. The van der Waals surface area contributed by atoms with Crippen molar-refractivity contribution in [2.24, 2.45) is 0 Å². The largest absolute Gasteiger partial charge is 0.310 e. The van der Waals surface area contributed by atoms with E-state index < -0.39 is 0 Å². The van der Waals surface area contributed by atoms with Gasteiger partial charge in [-0.3, -0.25) is 4.98 Å². The van der Waals surface area contributed by atoms with E-state index in [1.165, 1.54) is 37.7 Å². The molecule has 1 unspecified atom stereocenters. The minimum absolute atomic E-state index is 0.589. The molecule has 0 saturated heterocycles. The normalized spacial score (nSPS) is 12.6. The van der Waals surface area contributed by atoms with Crippen LogP contribution in [-0.4, -0.2) is 11.0 Å². The van der Waals surface area contributed by atoms with Crippen molar-refractivity contribution in [1.29, 1.82) is 0 Å². The molecule has 1 aromatic rings. The van der Waals surface area contributed by atoms with Crippen LogP contribution >= 0.6 is 15.9 Å². The van der Waals surface area contributed by atoms with E-state index in [-0.39, 0.29) is 0 Å². The van der Waals surface area contributed by atoms with Crippen LogP contribution in [-0.2, 0) is 6.54 Å². The summed E-state index contributed by atoms with van der Waals surface area (Å²) in [5.74, 6) is 0. The molecule has 2 nitrogen and oxygen atoms in total. The van der Waals surface area contributed by atoms with E-state index in [0.717, 1.165) is 11.0 Å². The van der Waals surface area contributed by atoms with E-state index in [9.17, 15) is 0 Å². The number of halogens is 1. The molecule has 1 heterocycles. The zero-order valence-electron chi connectivity index (χ0n) is 10.9. The molecular formula is C14H23BrN2. The molecule has 96 valence electrons. The first-order valence-electron chi connectivity index (χ1n) is 6.55. The van der Waals surface area contributed by atoms with Gasteiger partial charge in [0.1, 0.15) is 0 Å². The van der Waals surface area contributed by atoms with Crippen molar-refractivity contribution in [1.82, 2.24) is 10.3 Å². The van der Waals surface area contributed by atoms with E-state index in [0.29, 0.717) is 6.04 Å². The number of hydrogen-bond donors (Lipinski definition) is 1. The number of pyridine rings is 1. The van der Waals surface area contributed by atoms with Gasteiger partial charge in [0.2, 0.25) is 0 Å². The molecule has 0 spiro atoms. The number of aromatic nitrogens is 1. The molecule has 1 aromatic heterocycles. The molecule has 0 aliphatic carbocycles. The summed E-state index contributed by atoms with van der Waals surface area (Å²) in [4.78, 5) is 4.16. The van der Waals surface area contributed by atoms with Crippen molar-refractivity contribution in [2.75, 3.05) is 0 Å². The molecule has 0 saturated carbocycles. The van der Waals surface area contributed by atoms with Gasteiger partial charge in [0.25, 0.3) is 0 Å². The maximum Gasteiger partial charge on any atom is 0.0410 e. The number of nitrogens with zero attached hydrogens (tertiary/aromatic N) is 1. The van der Waals surface area contributed by atoms with Crippen LogP contribution in [0, 0.1) is 0 Å². The molecule has 0 aliphatic rings. The molecule has 3 heteroatoms. The topological polar surface area (TPSA) is 24.9 Å². The summed E-state index contributed by atoms with van der Waals surface area (Å²) in [5.41, 5.74) is 1.24. The van der Waals surface area contributed by atoms with Crippen molar-refractivity contribution in [2.45, 2.75) is 58.5 Å². The summed E-state index contributed by atoms with van der Waals surface area (Å²) >= 11 is 3.44. The fourth-order valence-electron chi connectivity index (χ4n) is 1.82. The van der Waals surface area contributed by atoms with Gasteiger partial charge >= 0.3 is 0 Å². The average molecular weight is 299 g/mol. The first-order valence-corrected chi connectivity index (χ1v) is 7.34. The predicted molar refractivity (Wildman–Crippen MR) is 77.0 cm³/mol. The van der Waals surface area contributed by atoms with Crippen LogP contribution in [0.5, 0.6) is 0 Å². The summed E-state index contributed by atoms with van der Waals surface area (Å²) in [7, 11) is 0. The van der Waals surface area contributed by atoms with Crippen LogP contribution in [0.4, 0.5) is 0 Å². The standard InChI is InChI=1S/C14H23BrN2/c1-3-4-5-6-7-12(2)17-10-13-8-14(15)11-16-9-13/h8-9,11-12,17H,3-7,10H2,1-2H3. The van der Waals surface area contributed by atoms with E-state index in [1.807, 2.05) is 12.4 Å². The number of hydrogen-bond acceptors (Lipinski definition) is 2. The highest BCUT2D eigenvalue weighted by Crippen LogP contribution is 2.10. The van der Waals surface area contributed by atoms with E-state index >= 15 is 0 Å². The van der Waals surface area contributed by atoms with Crippen molar-refractivity contribution < 1.29 is 0 Å². The van der Waals surface area contributed by atoms with Crippen LogP contribution in [0.25, 0.3) is 0 Å². The zero-order chi connectivity index (χ0) is 12.5. The quantitative estimate of drug-likeness (QED) is 0.724. The number of unbranched alkanes of at least 4 members (excludes halogenated alkanes) is 3. The van der Waals surface area contributed by atoms with Gasteiger partial charge in [-0.15, -0.1) is 0 Å². The Morgan fingerprint density at radius 3 is 2.82 bits per heavy atom. The summed E-state index contributed by atoms with van der Waals surface area (Å²) in [6.07, 6.45) is 10.4. The van der Waals surface area contributed by atoms with Gasteiger partial charge < -0.3 is 5.32 Å². The van der Waals surface area contributed by atoms with Gasteiger partial charge in [0, 0.05) is 29.5 Å². The Hall–Kier alpha value is -0.410. The second-order valence-electron chi connectivity index (χ2n) is 4.64. The van der Waals surface area contributed by atoms with Crippen LogP contribution < -0.4 is 5.32 Å². The summed E-state index contributed by atoms with van der Waals surface area (Å²) in [6.45, 7) is 5.42. The summed E-state index contributed by atoms with van der Waals surface area (Å²) in [6, 6.07) is 2.70. The van der Waals surface area contributed by atoms with Gasteiger partial charge in [-0.05, 0) is 40.9 Å². The van der Waals surface area contributed by atoms with Crippen LogP contribution in [0.3, 0.4) is 0 Å². The molecule has 1 N–H and O–H groups in total. The minimum Gasteiger partial charge on any atom is -0.310 e. The van der Waals surface area contributed by atoms with Crippen molar-refractivity contribution >= 4 is 15.9 Å². The molecule has 0 aliphatic heterocycles. The highest BCUT2D eigenvalue weighted by atomic mass is 79.9. The van der Waals surface area contributed by atoms with Crippen LogP contribution in [0.15, 0.2) is 22.9 Å². The molecule has 1 rings (SSSR count). The third-order valence-electron chi connectivity index (χ3n) is 2.91. The van der Waals surface area contributed by atoms with Crippen molar-refractivity contribution in [3.8, 4) is 0 Å². The van der Waals surface area contributed by atoms with E-state index in [1.54, 1.807) is 0 Å². The zero-order valence-corrected chi connectivity index (χ0v) is 12.5. The van der Waals surface area contributed by atoms with Gasteiger partial charge in [0.05, 0.1) is 0 Å². The molecule has 17 heavy (non-hydrogen) atoms. The van der Waals surface area contributed by atoms with Gasteiger partial charge in [0.15, 0.2) is 0 Å². The van der Waals surface area contributed by atoms with Gasteiger partial charge in [-0.2, -0.15) is 0 Å². The maximum absolute atomic E-state index is 4.16. The lowest BCUT2D eigenvalue weighted by Crippen LogP contribution is -2.25. The van der Waals surface area contributed by atoms with Crippen LogP contribution in [0.2, 0.25) is 0 Å². The Kier molecular flexibility index (Phi) is 7.45. The molecule has 0 radical (unpaired) electrons. The highest BCUT2D eigenvalue weighted by molar-refractivity contribution is 9.10. The predicted octanol–water partition coefficient (Wildman–Crippen LogP) is 4.29. The highest BCUT2D eigenvalue weighted by Gasteiger charge is 2.01. The molecular weight excluding hydrogens is 276 g/mol. The van der Waals surface area contributed by atoms with Crippen molar-refractivity contribution in [3.63, 3.8) is 0 Å². The molecule has 0 aromatic carbocycles. The Bertz CT molecular complexity index is 315. The molecule has 0 bridgehead atoms. The summed E-state index contributed by atoms with van der Waals surface area (Å²) in [5, 5.41) is 3.54. The summed E-state index contributed by atoms with van der Waals surface area (Å²) < 4.78 is 1.05. The SMILES string of the molecule is CCCCCCC(C)NCc1cncc(Br)c1. The Morgan fingerprint density at radius 1 is 1.29 bits per heavy atom. The Morgan fingerprint density at radius 2 is 2.12 bits per heavy atom. The fourth-order valence-corrected chi connectivity index (χ4v) is 2.24. The first kappa shape index (κ1) is 14.7. The van der Waals surface area contributed by atoms with Crippen LogP contribution in [0.1, 0.15) is 51.5 Å². The second kappa shape index (κ2) is 8.65. The van der Waals surface area contributed by atoms with Gasteiger partial charge in [-0.1, -0.05) is 32.6 Å². The number of nitrogens with one attached hydrogen (secondary N) is 1. The lowest BCUT2D eigenvalue weighted by Gasteiger charge is -2.13. The smallest absolute Gasteiger partial charge is 0.0410 e. The monoisotopic (exact) mass is 298 g/mol. The third-order valence-corrected chi connectivity index (χ3v) is 3.34. The lowest BCUT2D eigenvalue weighted by atomic mass is 10.1. The maximum atomic E-state index is 4.16. The van der Waals surface area contributed by atoms with E-state index in [4.69, 9.17) is 0 Å². The van der Waals surface area contributed by atoms with Gasteiger partial charge in [-0.25, -0.2) is 0 Å². The first-order chi connectivity index (χ1) is 8.22. The second-order valence-corrected chi connectivity index (χ2v) is 5.56. The lowest BCUT2D eigenvalue weighted by molar-refractivity contribution is 0.482.